The van der Waals surface area contributed by atoms with Gasteiger partial charge in [0.15, 0.2) is 0 Å². The van der Waals surface area contributed by atoms with Gasteiger partial charge in [0, 0.05) is 10.6 Å². The molecule has 0 radical (unpaired) electrons. The van der Waals surface area contributed by atoms with Crippen molar-refractivity contribution in [1.82, 2.24) is 5.32 Å². The van der Waals surface area contributed by atoms with Crippen molar-refractivity contribution in [2.24, 2.45) is 0 Å². The third-order valence-corrected chi connectivity index (χ3v) is 5.46. The van der Waals surface area contributed by atoms with Gasteiger partial charge < -0.3 is 10.4 Å². The van der Waals surface area contributed by atoms with E-state index in [2.05, 4.69) is 5.32 Å². The van der Waals surface area contributed by atoms with E-state index >= 15 is 0 Å². The zero-order valence-corrected chi connectivity index (χ0v) is 15.3. The van der Waals surface area contributed by atoms with Crippen molar-refractivity contribution >= 4 is 34.7 Å². The Morgan fingerprint density at radius 2 is 1.74 bits per heavy atom. The number of carbonyl (C=O) groups excluding carboxylic acids is 1. The van der Waals surface area contributed by atoms with Gasteiger partial charge in [0.1, 0.15) is 5.76 Å². The molecule has 1 spiro atoms. The van der Waals surface area contributed by atoms with Gasteiger partial charge in [-0.2, -0.15) is 0 Å². The van der Waals surface area contributed by atoms with Crippen LogP contribution in [-0.4, -0.2) is 16.6 Å². The van der Waals surface area contributed by atoms with Crippen LogP contribution in [0.1, 0.15) is 57.1 Å². The number of hydrogen-bond acceptors (Lipinski definition) is 2. The lowest BCUT2D eigenvalue weighted by Crippen LogP contribution is -2.46. The highest BCUT2D eigenvalue weighted by Gasteiger charge is 2.46. The number of carbonyl (C=O) groups is 1. The van der Waals surface area contributed by atoms with Gasteiger partial charge in [0.05, 0.1) is 16.1 Å². The van der Waals surface area contributed by atoms with E-state index in [0.29, 0.717) is 26.7 Å². The summed E-state index contributed by atoms with van der Waals surface area (Å²) in [5, 5.41) is 14.6. The zero-order chi connectivity index (χ0) is 17.2. The SMILES string of the molecule is CC.Cc1c(Cl)ccc(C2=C(O)C3(CCCCC3)NC2=O)c1Cl. The van der Waals surface area contributed by atoms with E-state index in [0.717, 1.165) is 32.1 Å². The summed E-state index contributed by atoms with van der Waals surface area (Å²) in [6.07, 6.45) is 4.70. The summed E-state index contributed by atoms with van der Waals surface area (Å²) in [6, 6.07) is 3.40. The van der Waals surface area contributed by atoms with Crippen molar-refractivity contribution in [2.75, 3.05) is 0 Å². The second-order valence-electron chi connectivity index (χ2n) is 5.85. The van der Waals surface area contributed by atoms with E-state index in [4.69, 9.17) is 23.2 Å². The maximum Gasteiger partial charge on any atom is 0.256 e. The molecule has 1 aliphatic heterocycles. The van der Waals surface area contributed by atoms with Gasteiger partial charge in [0.25, 0.3) is 5.91 Å². The van der Waals surface area contributed by atoms with Crippen molar-refractivity contribution in [1.29, 1.82) is 0 Å². The number of aliphatic hydroxyl groups excluding tert-OH is 1. The van der Waals surface area contributed by atoms with Gasteiger partial charge in [-0.3, -0.25) is 4.79 Å². The van der Waals surface area contributed by atoms with E-state index in [1.54, 1.807) is 19.1 Å². The molecule has 1 fully saturated rings. The Balaban J connectivity index is 0.000000924. The van der Waals surface area contributed by atoms with Crippen LogP contribution in [0.2, 0.25) is 10.0 Å². The van der Waals surface area contributed by atoms with Crippen LogP contribution in [0, 0.1) is 6.92 Å². The fourth-order valence-electron chi connectivity index (χ4n) is 3.31. The lowest BCUT2D eigenvalue weighted by Gasteiger charge is -2.33. The molecule has 2 N–H and O–H groups in total. The van der Waals surface area contributed by atoms with Gasteiger partial charge >= 0.3 is 0 Å². The molecule has 1 amide bonds. The number of aliphatic hydroxyl groups is 1. The molecule has 3 rings (SSSR count). The predicted molar refractivity (Wildman–Crippen MR) is 96.1 cm³/mol. The molecule has 23 heavy (non-hydrogen) atoms. The predicted octanol–water partition coefficient (Wildman–Crippen LogP) is 5.43. The van der Waals surface area contributed by atoms with Gasteiger partial charge in [-0.15, -0.1) is 0 Å². The summed E-state index contributed by atoms with van der Waals surface area (Å²) in [7, 11) is 0. The van der Waals surface area contributed by atoms with Crippen molar-refractivity contribution in [3.8, 4) is 0 Å². The molecule has 1 saturated carbocycles. The van der Waals surface area contributed by atoms with Crippen LogP contribution in [0.25, 0.3) is 5.57 Å². The van der Waals surface area contributed by atoms with Crippen LogP contribution in [0.4, 0.5) is 0 Å². The van der Waals surface area contributed by atoms with Gasteiger partial charge in [-0.1, -0.05) is 62.4 Å². The van der Waals surface area contributed by atoms with Crippen LogP contribution in [-0.2, 0) is 4.79 Å². The molecule has 0 aromatic heterocycles. The fourth-order valence-corrected chi connectivity index (χ4v) is 3.77. The Morgan fingerprint density at radius 3 is 2.35 bits per heavy atom. The molecule has 0 saturated heterocycles. The van der Waals surface area contributed by atoms with E-state index < -0.39 is 5.54 Å². The lowest BCUT2D eigenvalue weighted by molar-refractivity contribution is -0.116. The normalized spacial score (nSPS) is 19.4. The summed E-state index contributed by atoms with van der Waals surface area (Å²) in [4.78, 5) is 12.4. The summed E-state index contributed by atoms with van der Waals surface area (Å²) < 4.78 is 0. The lowest BCUT2D eigenvalue weighted by atomic mass is 9.80. The number of nitrogens with one attached hydrogen (secondary N) is 1. The molecular formula is C18H23Cl2NO2. The number of amides is 1. The Morgan fingerprint density at radius 1 is 1.13 bits per heavy atom. The van der Waals surface area contributed by atoms with Crippen molar-refractivity contribution in [2.45, 2.75) is 58.4 Å². The largest absolute Gasteiger partial charge is 0.509 e. The highest BCUT2D eigenvalue weighted by atomic mass is 35.5. The second kappa shape index (κ2) is 7.14. The number of hydrogen-bond donors (Lipinski definition) is 2. The highest BCUT2D eigenvalue weighted by Crippen LogP contribution is 2.43. The third kappa shape index (κ3) is 3.09. The monoisotopic (exact) mass is 355 g/mol. The summed E-state index contributed by atoms with van der Waals surface area (Å²) in [5.74, 6) is -0.117. The molecule has 0 unspecified atom stereocenters. The van der Waals surface area contributed by atoms with Gasteiger partial charge in [-0.25, -0.2) is 0 Å². The molecule has 2 aliphatic rings. The van der Waals surface area contributed by atoms with E-state index in [9.17, 15) is 9.90 Å². The standard InChI is InChI=1S/C16H17Cl2NO2.C2H6/c1-9-11(17)6-5-10(13(9)18)12-14(20)16(19-15(12)21)7-3-2-4-8-16;1-2/h5-6,20H,2-4,7-8H2,1H3,(H,19,21);1-2H3. The number of halogens is 2. The number of benzene rings is 1. The number of rotatable bonds is 1. The van der Waals surface area contributed by atoms with Crippen LogP contribution in [0.5, 0.6) is 0 Å². The van der Waals surface area contributed by atoms with E-state index in [-0.39, 0.29) is 11.7 Å². The molecular weight excluding hydrogens is 333 g/mol. The first-order chi connectivity index (χ1) is 11.0. The minimum absolute atomic E-state index is 0.135. The fraction of sp³-hybridized carbons (Fsp3) is 0.500. The van der Waals surface area contributed by atoms with Crippen molar-refractivity contribution in [3.05, 3.63) is 39.1 Å². The van der Waals surface area contributed by atoms with Crippen molar-refractivity contribution in [3.63, 3.8) is 0 Å². The highest BCUT2D eigenvalue weighted by molar-refractivity contribution is 6.39. The second-order valence-corrected chi connectivity index (χ2v) is 6.64. The van der Waals surface area contributed by atoms with Crippen molar-refractivity contribution < 1.29 is 9.90 Å². The summed E-state index contributed by atoms with van der Waals surface area (Å²) in [5.41, 5.74) is 0.966. The molecule has 3 nitrogen and oxygen atoms in total. The molecule has 0 bridgehead atoms. The average molecular weight is 356 g/mol. The molecule has 1 aliphatic carbocycles. The molecule has 1 aromatic carbocycles. The Labute approximate surface area is 147 Å². The quantitative estimate of drug-likeness (QED) is 0.705. The molecule has 126 valence electrons. The first kappa shape index (κ1) is 18.2. The first-order valence-corrected chi connectivity index (χ1v) is 8.93. The third-order valence-electron chi connectivity index (χ3n) is 4.57. The minimum atomic E-state index is -0.596. The Kier molecular flexibility index (Phi) is 5.64. The topological polar surface area (TPSA) is 49.3 Å². The Hall–Kier alpha value is -1.19. The summed E-state index contributed by atoms with van der Waals surface area (Å²) in [6.45, 7) is 5.80. The smallest absolute Gasteiger partial charge is 0.256 e. The van der Waals surface area contributed by atoms with Crippen LogP contribution in [0.3, 0.4) is 0 Å². The minimum Gasteiger partial charge on any atom is -0.509 e. The van der Waals surface area contributed by atoms with Gasteiger partial charge in [0.2, 0.25) is 0 Å². The average Bonchev–Trinajstić information content (AvgIpc) is 2.79. The maximum absolute atomic E-state index is 12.4. The zero-order valence-electron chi connectivity index (χ0n) is 13.8. The molecule has 1 heterocycles. The van der Waals surface area contributed by atoms with E-state index in [1.165, 1.54) is 0 Å². The van der Waals surface area contributed by atoms with Crippen LogP contribution < -0.4 is 5.32 Å². The Bertz CT molecular complexity index is 647. The maximum atomic E-state index is 12.4. The molecule has 1 aromatic rings. The molecule has 5 heteroatoms. The first-order valence-electron chi connectivity index (χ1n) is 8.17. The molecule has 0 atom stereocenters. The summed E-state index contributed by atoms with van der Waals surface area (Å²) >= 11 is 12.4. The van der Waals surface area contributed by atoms with Gasteiger partial charge in [-0.05, 0) is 31.4 Å². The van der Waals surface area contributed by atoms with Crippen LogP contribution in [0.15, 0.2) is 17.9 Å². The van der Waals surface area contributed by atoms with E-state index in [1.807, 2.05) is 13.8 Å². The van der Waals surface area contributed by atoms with Crippen LogP contribution >= 0.6 is 23.2 Å².